The van der Waals surface area contributed by atoms with Crippen LogP contribution < -0.4 is 9.47 Å². The summed E-state index contributed by atoms with van der Waals surface area (Å²) in [6.07, 6.45) is 5.78. The Balaban J connectivity index is 1.64. The lowest BCUT2D eigenvalue weighted by molar-refractivity contribution is 0.111. The van der Waals surface area contributed by atoms with Gasteiger partial charge in [0.15, 0.2) is 17.7 Å². The summed E-state index contributed by atoms with van der Waals surface area (Å²) >= 11 is 13.8. The maximum absolute atomic E-state index is 11.2. The molecule has 0 atom stereocenters. The number of hydrogen-bond donors (Lipinski definition) is 0. The molecule has 0 aliphatic carbocycles. The van der Waals surface area contributed by atoms with Crippen LogP contribution in [0.3, 0.4) is 0 Å². The zero-order valence-electron chi connectivity index (χ0n) is 19.6. The van der Waals surface area contributed by atoms with E-state index in [0.29, 0.717) is 61.8 Å². The molecule has 5 rings (SSSR count). The maximum atomic E-state index is 11.2. The first-order valence-corrected chi connectivity index (χ1v) is 11.7. The average molecular weight is 519 g/mol. The third-order valence-electron chi connectivity index (χ3n) is 5.85. The van der Waals surface area contributed by atoms with Crippen LogP contribution in [0, 0.1) is 6.92 Å². The SMILES string of the molecule is COc1nc(-c2cccc(-c3ccnc(-c4cc(OC)c5nc(C=O)cn5c4)c3Cl)c2Cl)ccc1C. The van der Waals surface area contributed by atoms with Gasteiger partial charge in [-0.15, -0.1) is 0 Å². The summed E-state index contributed by atoms with van der Waals surface area (Å²) in [7, 11) is 3.13. The lowest BCUT2D eigenvalue weighted by atomic mass is 10.00. The first-order valence-electron chi connectivity index (χ1n) is 10.9. The Labute approximate surface area is 217 Å². The summed E-state index contributed by atoms with van der Waals surface area (Å²) in [5, 5.41) is 0.927. The van der Waals surface area contributed by atoms with Crippen molar-refractivity contribution in [3.8, 4) is 45.3 Å². The Morgan fingerprint density at radius 2 is 1.69 bits per heavy atom. The minimum Gasteiger partial charge on any atom is -0.493 e. The highest BCUT2D eigenvalue weighted by Crippen LogP contribution is 2.42. The molecular formula is C27H20Cl2N4O3. The lowest BCUT2D eigenvalue weighted by Crippen LogP contribution is -1.96. The molecule has 0 N–H and O–H groups in total. The molecule has 4 heterocycles. The van der Waals surface area contributed by atoms with Gasteiger partial charge in [-0.2, -0.15) is 0 Å². The van der Waals surface area contributed by atoms with Gasteiger partial charge in [0.1, 0.15) is 5.69 Å². The maximum Gasteiger partial charge on any atom is 0.216 e. The predicted molar refractivity (Wildman–Crippen MR) is 140 cm³/mol. The number of hydrogen-bond acceptors (Lipinski definition) is 6. The van der Waals surface area contributed by atoms with Crippen molar-refractivity contribution in [3.05, 3.63) is 82.4 Å². The molecule has 0 radical (unpaired) electrons. The van der Waals surface area contributed by atoms with Crippen LogP contribution in [0.1, 0.15) is 16.1 Å². The van der Waals surface area contributed by atoms with Crippen LogP contribution in [-0.4, -0.2) is 39.9 Å². The highest BCUT2D eigenvalue weighted by atomic mass is 35.5. The molecule has 0 bridgehead atoms. The Hall–Kier alpha value is -3.94. The fourth-order valence-electron chi connectivity index (χ4n) is 4.08. The van der Waals surface area contributed by atoms with Crippen LogP contribution in [0.4, 0.5) is 0 Å². The van der Waals surface area contributed by atoms with Crippen LogP contribution in [0.25, 0.3) is 39.3 Å². The summed E-state index contributed by atoms with van der Waals surface area (Å²) < 4.78 is 12.6. The number of nitrogens with zero attached hydrogens (tertiary/aromatic N) is 4. The summed E-state index contributed by atoms with van der Waals surface area (Å²) in [6, 6.07) is 13.2. The van der Waals surface area contributed by atoms with Crippen LogP contribution in [0.5, 0.6) is 11.6 Å². The number of ether oxygens (including phenoxy) is 2. The van der Waals surface area contributed by atoms with Gasteiger partial charge in [-0.25, -0.2) is 9.97 Å². The molecule has 0 saturated heterocycles. The molecule has 0 amide bonds. The molecule has 1 aromatic carbocycles. The van der Waals surface area contributed by atoms with Crippen molar-refractivity contribution in [3.63, 3.8) is 0 Å². The number of aldehydes is 1. The molecule has 180 valence electrons. The molecule has 0 aliphatic heterocycles. The fraction of sp³-hybridized carbons (Fsp3) is 0.111. The van der Waals surface area contributed by atoms with Crippen molar-refractivity contribution >= 4 is 35.1 Å². The predicted octanol–water partition coefficient (Wildman–Crippen LogP) is 6.57. The third kappa shape index (κ3) is 4.06. The Morgan fingerprint density at radius 1 is 0.917 bits per heavy atom. The number of pyridine rings is 3. The standard InChI is InChI=1S/C27H20Cl2N4O3/c1-15-7-8-21(32-27(15)36-3)20-6-4-5-18(23(20)28)19-9-10-30-25(24(19)29)16-11-22(35-2)26-31-17(14-34)13-33(26)12-16/h4-14H,1-3H3. The first kappa shape index (κ1) is 23.8. The molecule has 4 aromatic heterocycles. The fourth-order valence-corrected chi connectivity index (χ4v) is 4.73. The summed E-state index contributed by atoms with van der Waals surface area (Å²) in [5.41, 5.74) is 5.87. The van der Waals surface area contributed by atoms with E-state index in [-0.39, 0.29) is 0 Å². The number of aryl methyl sites for hydroxylation is 1. The lowest BCUT2D eigenvalue weighted by Gasteiger charge is -2.14. The zero-order valence-corrected chi connectivity index (χ0v) is 21.1. The largest absolute Gasteiger partial charge is 0.493 e. The summed E-state index contributed by atoms with van der Waals surface area (Å²) in [5.74, 6) is 1.03. The van der Waals surface area contributed by atoms with Crippen molar-refractivity contribution in [1.82, 2.24) is 19.4 Å². The molecule has 5 aromatic rings. The third-order valence-corrected chi connectivity index (χ3v) is 6.64. The molecule has 0 unspecified atom stereocenters. The number of carbonyl (C=O) groups excluding carboxylic acids is 1. The van der Waals surface area contributed by atoms with E-state index in [1.165, 1.54) is 0 Å². The van der Waals surface area contributed by atoms with Crippen LogP contribution in [0.2, 0.25) is 10.0 Å². The number of halogens is 2. The van der Waals surface area contributed by atoms with Gasteiger partial charge >= 0.3 is 0 Å². The van der Waals surface area contributed by atoms with Gasteiger partial charge in [0.25, 0.3) is 0 Å². The topological polar surface area (TPSA) is 78.6 Å². The monoisotopic (exact) mass is 518 g/mol. The number of imidazole rings is 1. The second-order valence-electron chi connectivity index (χ2n) is 8.02. The van der Waals surface area contributed by atoms with Crippen LogP contribution in [0.15, 0.2) is 61.1 Å². The zero-order chi connectivity index (χ0) is 25.4. The number of rotatable bonds is 6. The number of benzene rings is 1. The molecule has 0 spiro atoms. The summed E-state index contributed by atoms with van der Waals surface area (Å²) in [6.45, 7) is 1.93. The van der Waals surface area contributed by atoms with Gasteiger partial charge in [0.2, 0.25) is 5.88 Å². The first-order chi connectivity index (χ1) is 17.4. The van der Waals surface area contributed by atoms with E-state index in [9.17, 15) is 4.79 Å². The number of aromatic nitrogens is 4. The molecule has 9 heteroatoms. The smallest absolute Gasteiger partial charge is 0.216 e. The highest BCUT2D eigenvalue weighted by Gasteiger charge is 2.19. The van der Waals surface area contributed by atoms with Gasteiger partial charge in [-0.3, -0.25) is 9.78 Å². The quantitative estimate of drug-likeness (QED) is 0.236. The van der Waals surface area contributed by atoms with Gasteiger partial charge in [-0.05, 0) is 25.1 Å². The van der Waals surface area contributed by atoms with Crippen molar-refractivity contribution in [2.75, 3.05) is 14.2 Å². The summed E-state index contributed by atoms with van der Waals surface area (Å²) in [4.78, 5) is 24.6. The second kappa shape index (κ2) is 9.60. The van der Waals surface area contributed by atoms with E-state index in [4.69, 9.17) is 32.7 Å². The normalized spacial score (nSPS) is 11.0. The van der Waals surface area contributed by atoms with Crippen molar-refractivity contribution in [2.24, 2.45) is 0 Å². The highest BCUT2D eigenvalue weighted by molar-refractivity contribution is 6.39. The number of carbonyl (C=O) groups is 1. The van der Waals surface area contributed by atoms with Crippen LogP contribution >= 0.6 is 23.2 Å². The molecule has 0 aliphatic rings. The van der Waals surface area contributed by atoms with Crippen molar-refractivity contribution in [2.45, 2.75) is 6.92 Å². The minimum atomic E-state index is 0.295. The van der Waals surface area contributed by atoms with E-state index in [1.807, 2.05) is 43.3 Å². The number of fused-ring (bicyclic) bond motifs is 1. The number of methoxy groups -OCH3 is 2. The molecule has 36 heavy (non-hydrogen) atoms. The minimum absolute atomic E-state index is 0.295. The Bertz CT molecular complexity index is 1630. The molecule has 0 fully saturated rings. The second-order valence-corrected chi connectivity index (χ2v) is 8.78. The van der Waals surface area contributed by atoms with Crippen molar-refractivity contribution < 1.29 is 14.3 Å². The van der Waals surface area contributed by atoms with Gasteiger partial charge in [0.05, 0.1) is 35.7 Å². The van der Waals surface area contributed by atoms with E-state index < -0.39 is 0 Å². The average Bonchev–Trinajstić information content (AvgIpc) is 3.32. The van der Waals surface area contributed by atoms with E-state index in [2.05, 4.69) is 15.0 Å². The van der Waals surface area contributed by atoms with Crippen molar-refractivity contribution in [1.29, 1.82) is 0 Å². The molecular weight excluding hydrogens is 499 g/mol. The van der Waals surface area contributed by atoms with E-state index in [1.54, 1.807) is 43.3 Å². The van der Waals surface area contributed by atoms with Crippen LogP contribution in [-0.2, 0) is 0 Å². The van der Waals surface area contributed by atoms with Gasteiger partial charge in [0, 0.05) is 46.4 Å². The van der Waals surface area contributed by atoms with Gasteiger partial charge in [-0.1, -0.05) is 47.5 Å². The Morgan fingerprint density at radius 3 is 2.44 bits per heavy atom. The van der Waals surface area contributed by atoms with Gasteiger partial charge < -0.3 is 13.9 Å². The Kier molecular flexibility index (Phi) is 6.35. The van der Waals surface area contributed by atoms with E-state index in [0.717, 1.165) is 16.7 Å². The van der Waals surface area contributed by atoms with E-state index >= 15 is 0 Å². The molecule has 0 saturated carbocycles. The molecule has 7 nitrogen and oxygen atoms in total.